The van der Waals surface area contributed by atoms with Crippen LogP contribution in [-0.2, 0) is 20.7 Å². The van der Waals surface area contributed by atoms with Crippen molar-refractivity contribution in [3.8, 4) is 11.5 Å². The van der Waals surface area contributed by atoms with Crippen LogP contribution < -0.4 is 9.47 Å². The van der Waals surface area contributed by atoms with Crippen LogP contribution in [0.1, 0.15) is 36.6 Å². The Morgan fingerprint density at radius 2 is 1.94 bits per heavy atom. The van der Waals surface area contributed by atoms with Crippen molar-refractivity contribution in [1.82, 2.24) is 4.90 Å². The third-order valence-electron chi connectivity index (χ3n) is 5.61. The van der Waals surface area contributed by atoms with Crippen molar-refractivity contribution in [1.29, 1.82) is 0 Å². The van der Waals surface area contributed by atoms with Gasteiger partial charge in [0.2, 0.25) is 0 Å². The van der Waals surface area contributed by atoms with Gasteiger partial charge in [-0.2, -0.15) is 0 Å². The highest BCUT2D eigenvalue weighted by Crippen LogP contribution is 2.40. The first-order valence-electron chi connectivity index (χ1n) is 10.7. The largest absolute Gasteiger partial charge is 0.507 e. The molecule has 4 rings (SSSR count). The van der Waals surface area contributed by atoms with Crippen LogP contribution in [0.2, 0.25) is 0 Å². The maximum Gasteiger partial charge on any atom is 0.295 e. The summed E-state index contributed by atoms with van der Waals surface area (Å²) in [4.78, 5) is 27.3. The van der Waals surface area contributed by atoms with Crippen LogP contribution in [-0.4, -0.2) is 54.7 Å². The normalized spacial score (nSPS) is 19.4. The average molecular weight is 437 g/mol. The second-order valence-corrected chi connectivity index (χ2v) is 8.14. The van der Waals surface area contributed by atoms with Gasteiger partial charge in [-0.05, 0) is 55.3 Å². The summed E-state index contributed by atoms with van der Waals surface area (Å²) < 4.78 is 16.4. The van der Waals surface area contributed by atoms with E-state index >= 15 is 0 Å². The molecule has 1 atom stereocenters. The Labute approximate surface area is 187 Å². The lowest BCUT2D eigenvalue weighted by Gasteiger charge is -2.25. The summed E-state index contributed by atoms with van der Waals surface area (Å²) in [5.74, 6) is -0.0791. The van der Waals surface area contributed by atoms with Crippen molar-refractivity contribution in [3.05, 3.63) is 64.7 Å². The van der Waals surface area contributed by atoms with E-state index in [-0.39, 0.29) is 30.6 Å². The molecule has 2 aliphatic heterocycles. The molecule has 1 saturated heterocycles. The molecule has 1 amide bonds. The molecule has 0 saturated carbocycles. The Hall–Kier alpha value is -3.32. The molecule has 1 fully saturated rings. The first-order chi connectivity index (χ1) is 15.4. The highest BCUT2D eigenvalue weighted by atomic mass is 16.5. The van der Waals surface area contributed by atoms with E-state index in [1.54, 1.807) is 24.3 Å². The predicted molar refractivity (Wildman–Crippen MR) is 119 cm³/mol. The Kier molecular flexibility index (Phi) is 6.19. The van der Waals surface area contributed by atoms with Gasteiger partial charge in [0.15, 0.2) is 0 Å². The van der Waals surface area contributed by atoms with Crippen molar-refractivity contribution in [2.75, 3.05) is 26.9 Å². The van der Waals surface area contributed by atoms with Gasteiger partial charge in [0.25, 0.3) is 11.7 Å². The van der Waals surface area contributed by atoms with Gasteiger partial charge >= 0.3 is 0 Å². The number of fused-ring (bicyclic) bond motifs is 1. The number of carbonyl (C=O) groups is 2. The second kappa shape index (κ2) is 9.04. The maximum atomic E-state index is 13.0. The molecule has 7 heteroatoms. The molecule has 1 unspecified atom stereocenters. The Morgan fingerprint density at radius 1 is 1.19 bits per heavy atom. The van der Waals surface area contributed by atoms with Crippen LogP contribution in [0.4, 0.5) is 0 Å². The molecule has 0 radical (unpaired) electrons. The Bertz CT molecular complexity index is 1060. The topological polar surface area (TPSA) is 85.3 Å². The van der Waals surface area contributed by atoms with E-state index in [2.05, 4.69) is 0 Å². The van der Waals surface area contributed by atoms with Gasteiger partial charge in [-0.25, -0.2) is 0 Å². The molecular weight excluding hydrogens is 410 g/mol. The monoisotopic (exact) mass is 437 g/mol. The molecule has 0 spiro atoms. The molecule has 1 N–H and O–H groups in total. The van der Waals surface area contributed by atoms with Gasteiger partial charge in [-0.15, -0.1) is 0 Å². The molecular formula is C25H27NO6. The number of ketones is 1. The number of aliphatic hydroxyl groups is 1. The lowest BCUT2D eigenvalue weighted by molar-refractivity contribution is -0.140. The third kappa shape index (κ3) is 4.08. The van der Waals surface area contributed by atoms with Crippen LogP contribution in [0.5, 0.6) is 11.5 Å². The first kappa shape index (κ1) is 21.9. The van der Waals surface area contributed by atoms with Gasteiger partial charge in [0.1, 0.15) is 17.3 Å². The van der Waals surface area contributed by atoms with Crippen molar-refractivity contribution in [3.63, 3.8) is 0 Å². The fourth-order valence-electron chi connectivity index (χ4n) is 4.14. The number of rotatable bonds is 7. The minimum Gasteiger partial charge on any atom is -0.507 e. The molecule has 2 aromatic carbocycles. The van der Waals surface area contributed by atoms with E-state index in [1.165, 1.54) is 12.0 Å². The number of hydrogen-bond acceptors (Lipinski definition) is 6. The van der Waals surface area contributed by atoms with E-state index in [0.717, 1.165) is 17.7 Å². The van der Waals surface area contributed by atoms with Gasteiger partial charge < -0.3 is 24.2 Å². The number of nitrogens with zero attached hydrogens (tertiary/aromatic N) is 1. The van der Waals surface area contributed by atoms with E-state index in [4.69, 9.17) is 14.2 Å². The molecule has 0 aromatic heterocycles. The van der Waals surface area contributed by atoms with E-state index in [0.29, 0.717) is 23.5 Å². The summed E-state index contributed by atoms with van der Waals surface area (Å²) in [6, 6.07) is 11.8. The minimum absolute atomic E-state index is 0.0250. The van der Waals surface area contributed by atoms with Crippen molar-refractivity contribution >= 4 is 17.4 Å². The van der Waals surface area contributed by atoms with Gasteiger partial charge in [-0.1, -0.05) is 12.1 Å². The van der Waals surface area contributed by atoms with Crippen LogP contribution in [0.3, 0.4) is 0 Å². The number of Topliss-reactive ketones (excluding diaryl/α,β-unsaturated/α-hetero) is 1. The zero-order chi connectivity index (χ0) is 22.8. The highest BCUT2D eigenvalue weighted by Gasteiger charge is 2.45. The molecule has 2 heterocycles. The van der Waals surface area contributed by atoms with Gasteiger partial charge in [-0.3, -0.25) is 9.59 Å². The van der Waals surface area contributed by atoms with Crippen LogP contribution in [0.15, 0.2) is 48.0 Å². The highest BCUT2D eigenvalue weighted by molar-refractivity contribution is 6.46. The number of amides is 1. The van der Waals surface area contributed by atoms with Crippen LogP contribution >= 0.6 is 0 Å². The molecule has 2 aromatic rings. The lowest BCUT2D eigenvalue weighted by atomic mass is 9.94. The smallest absolute Gasteiger partial charge is 0.295 e. The molecule has 0 bridgehead atoms. The zero-order valence-corrected chi connectivity index (χ0v) is 18.5. The molecule has 2 aliphatic rings. The third-order valence-corrected chi connectivity index (χ3v) is 5.61. The molecule has 168 valence electrons. The Morgan fingerprint density at radius 3 is 2.62 bits per heavy atom. The van der Waals surface area contributed by atoms with E-state index < -0.39 is 17.7 Å². The number of carbonyl (C=O) groups excluding carboxylic acids is 2. The summed E-state index contributed by atoms with van der Waals surface area (Å²) in [6.07, 6.45) is 0.760. The number of benzene rings is 2. The number of hydrogen-bond donors (Lipinski definition) is 1. The minimum atomic E-state index is -0.720. The van der Waals surface area contributed by atoms with E-state index in [1.807, 2.05) is 32.0 Å². The maximum absolute atomic E-state index is 13.0. The molecule has 7 nitrogen and oxygen atoms in total. The second-order valence-electron chi connectivity index (χ2n) is 8.14. The fraction of sp³-hybridized carbons (Fsp3) is 0.360. The number of methoxy groups -OCH3 is 1. The fourth-order valence-corrected chi connectivity index (χ4v) is 4.14. The number of aliphatic hydroxyl groups excluding tert-OH is 1. The number of likely N-dealkylation sites (tertiary alicyclic amines) is 1. The summed E-state index contributed by atoms with van der Waals surface area (Å²) in [7, 11) is 1.54. The molecule has 0 aliphatic carbocycles. The van der Waals surface area contributed by atoms with Crippen LogP contribution in [0, 0.1) is 0 Å². The standard InChI is InChI=1S/C25H27NO6/c1-15(2)32-19-7-4-16(5-8-19)22-21(24(28)25(29)26(22)11-13-30-3)23(27)18-6-9-20-17(14-18)10-12-31-20/h4-9,14-15,22,27H,10-13H2,1-3H3/b23-21-. The summed E-state index contributed by atoms with van der Waals surface area (Å²) >= 11 is 0. The summed E-state index contributed by atoms with van der Waals surface area (Å²) in [5, 5.41) is 11.2. The lowest BCUT2D eigenvalue weighted by Crippen LogP contribution is -2.32. The predicted octanol–water partition coefficient (Wildman–Crippen LogP) is 3.48. The van der Waals surface area contributed by atoms with Crippen LogP contribution in [0.25, 0.3) is 5.76 Å². The van der Waals surface area contributed by atoms with Gasteiger partial charge in [0.05, 0.1) is 30.9 Å². The average Bonchev–Trinajstić information content (AvgIpc) is 3.34. The van der Waals surface area contributed by atoms with Crippen molar-refractivity contribution in [2.24, 2.45) is 0 Å². The zero-order valence-electron chi connectivity index (χ0n) is 18.5. The van der Waals surface area contributed by atoms with Crippen molar-refractivity contribution in [2.45, 2.75) is 32.4 Å². The SMILES string of the molecule is COCCN1C(=O)C(=O)/C(=C(\O)c2ccc3c(c2)CCO3)C1c1ccc(OC(C)C)cc1. The molecule has 32 heavy (non-hydrogen) atoms. The number of ether oxygens (including phenoxy) is 3. The van der Waals surface area contributed by atoms with Gasteiger partial charge in [0, 0.05) is 25.6 Å². The summed E-state index contributed by atoms with van der Waals surface area (Å²) in [6.45, 7) is 4.97. The summed E-state index contributed by atoms with van der Waals surface area (Å²) in [5.41, 5.74) is 2.24. The first-order valence-corrected chi connectivity index (χ1v) is 10.7. The quantitative estimate of drug-likeness (QED) is 0.406. The Balaban J connectivity index is 1.78. The van der Waals surface area contributed by atoms with E-state index in [9.17, 15) is 14.7 Å². The van der Waals surface area contributed by atoms with Crippen molar-refractivity contribution < 1.29 is 28.9 Å².